The van der Waals surface area contributed by atoms with E-state index >= 15 is 0 Å². The van der Waals surface area contributed by atoms with Crippen molar-refractivity contribution < 1.29 is 9.53 Å². The molecule has 1 aliphatic rings. The maximum atomic E-state index is 12.1. The second-order valence-corrected chi connectivity index (χ2v) is 7.73. The highest BCUT2D eigenvalue weighted by atomic mass is 16.6. The number of carbonyl (C=O) groups excluding carboxylic acids is 1. The molecular weight excluding hydrogens is 274 g/mol. The molecule has 0 aliphatic heterocycles. The molecule has 22 heavy (non-hydrogen) atoms. The lowest BCUT2D eigenvalue weighted by atomic mass is 9.75. The molecule has 0 saturated heterocycles. The first-order valence-corrected chi connectivity index (χ1v) is 8.23. The van der Waals surface area contributed by atoms with Crippen molar-refractivity contribution in [1.82, 2.24) is 4.90 Å². The van der Waals surface area contributed by atoms with Crippen LogP contribution in [-0.4, -0.2) is 29.7 Å². The topological polar surface area (TPSA) is 29.5 Å². The molecule has 3 nitrogen and oxygen atoms in total. The standard InChI is InChI=1S/C19H29NO2/c1-13(2)14-7-9-15(10-8-14)16-11-17(12-16)20(6)18(21)22-19(3,4)5/h7-10,13,16-17H,11-12H2,1-6H3. The van der Waals surface area contributed by atoms with E-state index in [0.29, 0.717) is 17.9 Å². The van der Waals surface area contributed by atoms with Crippen molar-refractivity contribution >= 4 is 6.09 Å². The van der Waals surface area contributed by atoms with Gasteiger partial charge in [0.05, 0.1) is 0 Å². The Labute approximate surface area is 134 Å². The Hall–Kier alpha value is -1.51. The highest BCUT2D eigenvalue weighted by Gasteiger charge is 2.36. The van der Waals surface area contributed by atoms with E-state index in [2.05, 4.69) is 38.1 Å². The first-order chi connectivity index (χ1) is 10.2. The Morgan fingerprint density at radius 1 is 1.18 bits per heavy atom. The number of hydrogen-bond acceptors (Lipinski definition) is 2. The van der Waals surface area contributed by atoms with Crippen LogP contribution in [0.2, 0.25) is 0 Å². The third-order valence-electron chi connectivity index (χ3n) is 4.42. The van der Waals surface area contributed by atoms with E-state index in [-0.39, 0.29) is 6.09 Å². The van der Waals surface area contributed by atoms with Crippen molar-refractivity contribution in [1.29, 1.82) is 0 Å². The summed E-state index contributed by atoms with van der Waals surface area (Å²) in [5.41, 5.74) is 2.34. The van der Waals surface area contributed by atoms with E-state index in [9.17, 15) is 4.79 Å². The van der Waals surface area contributed by atoms with Crippen molar-refractivity contribution in [3.05, 3.63) is 35.4 Å². The van der Waals surface area contributed by atoms with E-state index in [1.807, 2.05) is 27.8 Å². The molecule has 0 aromatic heterocycles. The lowest BCUT2D eigenvalue weighted by Gasteiger charge is -2.41. The van der Waals surface area contributed by atoms with Crippen LogP contribution in [-0.2, 0) is 4.74 Å². The zero-order chi connectivity index (χ0) is 16.5. The van der Waals surface area contributed by atoms with Gasteiger partial charge in [0.15, 0.2) is 0 Å². The minimum atomic E-state index is -0.429. The first-order valence-electron chi connectivity index (χ1n) is 8.23. The van der Waals surface area contributed by atoms with Gasteiger partial charge in [-0.15, -0.1) is 0 Å². The van der Waals surface area contributed by atoms with Gasteiger partial charge in [0.2, 0.25) is 0 Å². The lowest BCUT2D eigenvalue weighted by Crippen LogP contribution is -2.46. The predicted molar refractivity (Wildman–Crippen MR) is 90.3 cm³/mol. The average molecular weight is 303 g/mol. The summed E-state index contributed by atoms with van der Waals surface area (Å²) in [5, 5.41) is 0. The number of hydrogen-bond donors (Lipinski definition) is 0. The summed E-state index contributed by atoms with van der Waals surface area (Å²) in [7, 11) is 1.84. The van der Waals surface area contributed by atoms with Crippen LogP contribution in [0.4, 0.5) is 4.79 Å². The molecule has 0 radical (unpaired) electrons. The van der Waals surface area contributed by atoms with E-state index in [4.69, 9.17) is 4.74 Å². The molecule has 2 rings (SSSR count). The lowest BCUT2D eigenvalue weighted by molar-refractivity contribution is 0.0119. The fourth-order valence-electron chi connectivity index (χ4n) is 2.81. The third-order valence-corrected chi connectivity index (χ3v) is 4.42. The van der Waals surface area contributed by atoms with Crippen LogP contribution in [0, 0.1) is 0 Å². The monoisotopic (exact) mass is 303 g/mol. The molecule has 1 aromatic carbocycles. The highest BCUT2D eigenvalue weighted by Crippen LogP contribution is 2.40. The Morgan fingerprint density at radius 2 is 1.73 bits per heavy atom. The van der Waals surface area contributed by atoms with Gasteiger partial charge in [-0.3, -0.25) is 0 Å². The number of carbonyl (C=O) groups is 1. The van der Waals surface area contributed by atoms with Crippen LogP contribution in [0.3, 0.4) is 0 Å². The molecule has 0 bridgehead atoms. The normalized spacial score (nSPS) is 21.4. The molecule has 1 saturated carbocycles. The quantitative estimate of drug-likeness (QED) is 0.793. The summed E-state index contributed by atoms with van der Waals surface area (Å²) in [5.74, 6) is 1.14. The summed E-state index contributed by atoms with van der Waals surface area (Å²) >= 11 is 0. The molecule has 0 N–H and O–H groups in total. The summed E-state index contributed by atoms with van der Waals surface area (Å²) in [6, 6.07) is 9.23. The zero-order valence-corrected chi connectivity index (χ0v) is 14.7. The van der Waals surface area contributed by atoms with Gasteiger partial charge in [0.25, 0.3) is 0 Å². The molecule has 0 heterocycles. The highest BCUT2D eigenvalue weighted by molar-refractivity contribution is 5.68. The van der Waals surface area contributed by atoms with Gasteiger partial charge in [-0.25, -0.2) is 4.79 Å². The largest absolute Gasteiger partial charge is 0.444 e. The minimum Gasteiger partial charge on any atom is -0.444 e. The maximum absolute atomic E-state index is 12.1. The number of rotatable bonds is 3. The van der Waals surface area contributed by atoms with Gasteiger partial charge in [-0.05, 0) is 56.6 Å². The van der Waals surface area contributed by atoms with Crippen LogP contribution in [0.25, 0.3) is 0 Å². The van der Waals surface area contributed by atoms with Gasteiger partial charge in [-0.2, -0.15) is 0 Å². The van der Waals surface area contributed by atoms with E-state index in [1.165, 1.54) is 11.1 Å². The molecule has 0 unspecified atom stereocenters. The number of amides is 1. The summed E-state index contributed by atoms with van der Waals surface area (Å²) in [6.07, 6.45) is 1.83. The second kappa shape index (κ2) is 6.31. The van der Waals surface area contributed by atoms with E-state index in [1.54, 1.807) is 4.90 Å². The number of benzene rings is 1. The molecular formula is C19H29NO2. The molecule has 1 aromatic rings. The Balaban J connectivity index is 1.87. The van der Waals surface area contributed by atoms with Gasteiger partial charge in [0, 0.05) is 13.1 Å². The molecule has 122 valence electrons. The smallest absolute Gasteiger partial charge is 0.410 e. The minimum absolute atomic E-state index is 0.217. The molecule has 1 fully saturated rings. The zero-order valence-electron chi connectivity index (χ0n) is 14.7. The van der Waals surface area contributed by atoms with Crippen LogP contribution in [0.5, 0.6) is 0 Å². The van der Waals surface area contributed by atoms with Crippen molar-refractivity contribution in [2.45, 2.75) is 70.9 Å². The van der Waals surface area contributed by atoms with Gasteiger partial charge < -0.3 is 9.64 Å². The Bertz CT molecular complexity index is 507. The van der Waals surface area contributed by atoms with Gasteiger partial charge in [-0.1, -0.05) is 38.1 Å². The van der Waals surface area contributed by atoms with Gasteiger partial charge in [0.1, 0.15) is 5.60 Å². The summed E-state index contributed by atoms with van der Waals surface area (Å²) < 4.78 is 5.43. The van der Waals surface area contributed by atoms with Crippen LogP contribution in [0.1, 0.15) is 70.4 Å². The molecule has 1 aliphatic carbocycles. The maximum Gasteiger partial charge on any atom is 0.410 e. The fourth-order valence-corrected chi connectivity index (χ4v) is 2.81. The Morgan fingerprint density at radius 3 is 2.18 bits per heavy atom. The Kier molecular flexibility index (Phi) is 4.84. The van der Waals surface area contributed by atoms with Crippen molar-refractivity contribution in [2.75, 3.05) is 7.05 Å². The first kappa shape index (κ1) is 16.9. The van der Waals surface area contributed by atoms with Crippen molar-refractivity contribution in [2.24, 2.45) is 0 Å². The molecule has 1 amide bonds. The van der Waals surface area contributed by atoms with Crippen molar-refractivity contribution in [3.8, 4) is 0 Å². The molecule has 3 heteroatoms. The van der Waals surface area contributed by atoms with E-state index in [0.717, 1.165) is 12.8 Å². The van der Waals surface area contributed by atoms with Crippen LogP contribution >= 0.6 is 0 Å². The predicted octanol–water partition coefficient (Wildman–Crippen LogP) is 4.92. The number of nitrogens with zero attached hydrogens (tertiary/aromatic N) is 1. The SMILES string of the molecule is CC(C)c1ccc(C2CC(N(C)C(=O)OC(C)(C)C)C2)cc1. The molecule has 0 spiro atoms. The van der Waals surface area contributed by atoms with Crippen LogP contribution in [0.15, 0.2) is 24.3 Å². The second-order valence-electron chi connectivity index (χ2n) is 7.73. The third kappa shape index (κ3) is 4.02. The summed E-state index contributed by atoms with van der Waals surface area (Å²) in [6.45, 7) is 10.1. The summed E-state index contributed by atoms with van der Waals surface area (Å²) in [4.78, 5) is 13.8. The molecule has 0 atom stereocenters. The van der Waals surface area contributed by atoms with Gasteiger partial charge >= 0.3 is 6.09 Å². The van der Waals surface area contributed by atoms with Crippen LogP contribution < -0.4 is 0 Å². The van der Waals surface area contributed by atoms with Crippen molar-refractivity contribution in [3.63, 3.8) is 0 Å². The fraction of sp³-hybridized carbons (Fsp3) is 0.632. The van der Waals surface area contributed by atoms with E-state index < -0.39 is 5.60 Å². The average Bonchev–Trinajstić information content (AvgIpc) is 2.35. The number of ether oxygens (including phenoxy) is 1.